The summed E-state index contributed by atoms with van der Waals surface area (Å²) in [4.78, 5) is 13.9. The Labute approximate surface area is 309 Å². The molecule has 9 atom stereocenters. The third-order valence-corrected chi connectivity index (χ3v) is 18.7. The molecule has 0 bridgehead atoms. The third-order valence-electron chi connectivity index (χ3n) is 17.1. The lowest BCUT2D eigenvalue weighted by Gasteiger charge is -2.72. The van der Waals surface area contributed by atoms with Gasteiger partial charge in [0.25, 0.3) is 0 Å². The normalized spacial score (nSPS) is 41.4. The van der Waals surface area contributed by atoms with E-state index in [0.717, 1.165) is 32.0 Å². The van der Waals surface area contributed by atoms with Gasteiger partial charge in [0.15, 0.2) is 9.84 Å². The molecule has 6 aliphatic rings. The fraction of sp³-hybridized carbons (Fsp3) is 0.750. The summed E-state index contributed by atoms with van der Waals surface area (Å²) in [5, 5.41) is 13.3. The number of nitrogens with zero attached hydrogens (tertiary/aromatic N) is 1. The third kappa shape index (κ3) is 6.02. The number of benzene rings is 1. The largest absolute Gasteiger partial charge is 0.478 e. The van der Waals surface area contributed by atoms with E-state index in [1.54, 1.807) is 12.1 Å². The number of fused-ring (bicyclic) bond motifs is 7. The summed E-state index contributed by atoms with van der Waals surface area (Å²) in [5.41, 5.74) is 5.64. The molecule has 0 amide bonds. The molecule has 2 N–H and O–H groups in total. The summed E-state index contributed by atoms with van der Waals surface area (Å²) in [6.45, 7) is 24.3. The molecule has 1 heterocycles. The van der Waals surface area contributed by atoms with Crippen LogP contribution in [0.1, 0.15) is 122 Å². The Hall–Kier alpha value is -1.96. The van der Waals surface area contributed by atoms with Crippen LogP contribution in [0.4, 0.5) is 0 Å². The minimum atomic E-state index is -2.83. The number of aromatic carboxylic acids is 1. The van der Waals surface area contributed by atoms with Gasteiger partial charge in [-0.3, -0.25) is 0 Å². The van der Waals surface area contributed by atoms with E-state index in [1.807, 2.05) is 12.1 Å². The maximum Gasteiger partial charge on any atom is 0.335 e. The van der Waals surface area contributed by atoms with Crippen LogP contribution < -0.4 is 5.32 Å². The fourth-order valence-corrected chi connectivity index (χ4v) is 15.6. The van der Waals surface area contributed by atoms with Crippen molar-refractivity contribution in [2.24, 2.45) is 56.7 Å². The van der Waals surface area contributed by atoms with Crippen molar-refractivity contribution in [3.63, 3.8) is 0 Å². The van der Waals surface area contributed by atoms with Crippen molar-refractivity contribution in [3.05, 3.63) is 53.6 Å². The minimum Gasteiger partial charge on any atom is -0.478 e. The Morgan fingerprint density at radius 3 is 2.27 bits per heavy atom. The number of rotatable bonds is 9. The minimum absolute atomic E-state index is 0.0216. The predicted molar refractivity (Wildman–Crippen MR) is 208 cm³/mol. The van der Waals surface area contributed by atoms with Gasteiger partial charge in [0.1, 0.15) is 0 Å². The van der Waals surface area contributed by atoms with Crippen LogP contribution >= 0.6 is 0 Å². The van der Waals surface area contributed by atoms with Crippen LogP contribution in [-0.2, 0) is 9.84 Å². The molecule has 282 valence electrons. The van der Waals surface area contributed by atoms with E-state index in [-0.39, 0.29) is 10.8 Å². The van der Waals surface area contributed by atoms with Gasteiger partial charge in [-0.15, -0.1) is 0 Å². The van der Waals surface area contributed by atoms with E-state index in [2.05, 4.69) is 64.4 Å². The van der Waals surface area contributed by atoms with Gasteiger partial charge in [-0.1, -0.05) is 65.0 Å². The maximum absolute atomic E-state index is 11.9. The summed E-state index contributed by atoms with van der Waals surface area (Å²) in [5.74, 6) is 3.12. The molecule has 1 aliphatic heterocycles. The van der Waals surface area contributed by atoms with Crippen LogP contribution in [0, 0.1) is 56.7 Å². The molecule has 7 rings (SSSR count). The quantitative estimate of drug-likeness (QED) is 0.196. The highest BCUT2D eigenvalue weighted by Gasteiger charge is 2.70. The predicted octanol–water partition coefficient (Wildman–Crippen LogP) is 8.75. The molecule has 1 aromatic carbocycles. The molecule has 1 saturated heterocycles. The highest BCUT2D eigenvalue weighted by Crippen LogP contribution is 2.78. The zero-order valence-electron chi connectivity index (χ0n) is 32.5. The molecule has 0 unspecified atom stereocenters. The lowest BCUT2D eigenvalue weighted by atomic mass is 9.32. The van der Waals surface area contributed by atoms with Gasteiger partial charge >= 0.3 is 5.97 Å². The summed E-state index contributed by atoms with van der Waals surface area (Å²) < 4.78 is 23.7. The van der Waals surface area contributed by atoms with Crippen molar-refractivity contribution in [1.82, 2.24) is 10.2 Å². The van der Waals surface area contributed by atoms with E-state index < -0.39 is 15.8 Å². The molecule has 4 saturated carbocycles. The van der Waals surface area contributed by atoms with Crippen molar-refractivity contribution in [2.75, 3.05) is 44.2 Å². The first kappa shape index (κ1) is 37.4. The summed E-state index contributed by atoms with van der Waals surface area (Å²) in [6, 6.07) is 7.61. The first-order valence-electron chi connectivity index (χ1n) is 20.3. The van der Waals surface area contributed by atoms with E-state index in [4.69, 9.17) is 0 Å². The van der Waals surface area contributed by atoms with E-state index in [9.17, 15) is 18.3 Å². The highest BCUT2D eigenvalue weighted by molar-refractivity contribution is 7.91. The number of hydrogen-bond donors (Lipinski definition) is 2. The lowest BCUT2D eigenvalue weighted by Crippen LogP contribution is -2.65. The zero-order valence-corrected chi connectivity index (χ0v) is 33.3. The number of hydrogen-bond acceptors (Lipinski definition) is 5. The SMILES string of the molecule is C=C(C)[C@@H]1CC[C@]2(CCNCCN3CCS(=O)(=O)CC3)CC[C@]3(C)[C@H](CC[C@@H]4[C@@]5(C)CC=C(c6ccc(C(=O)O)cc6)C(C)(C)[C@@H]5CC[C@]43C)[C@@H]12. The molecule has 51 heavy (non-hydrogen) atoms. The van der Waals surface area contributed by atoms with Crippen LogP contribution in [0.25, 0.3) is 5.57 Å². The Kier molecular flexibility index (Phi) is 9.60. The van der Waals surface area contributed by atoms with E-state index in [0.29, 0.717) is 70.1 Å². The Bertz CT molecular complexity index is 1650. The van der Waals surface area contributed by atoms with Gasteiger partial charge < -0.3 is 15.3 Å². The lowest BCUT2D eigenvalue weighted by molar-refractivity contribution is -0.226. The monoisotopic (exact) mass is 718 g/mol. The molecule has 1 aromatic rings. The van der Waals surface area contributed by atoms with Crippen molar-refractivity contribution in [1.29, 1.82) is 0 Å². The number of sulfone groups is 1. The maximum atomic E-state index is 11.9. The van der Waals surface area contributed by atoms with E-state index >= 15 is 0 Å². The Morgan fingerprint density at radius 2 is 1.61 bits per heavy atom. The van der Waals surface area contributed by atoms with Crippen LogP contribution in [0.3, 0.4) is 0 Å². The van der Waals surface area contributed by atoms with Crippen molar-refractivity contribution in [2.45, 2.75) is 106 Å². The summed E-state index contributed by atoms with van der Waals surface area (Å²) in [7, 11) is -2.83. The first-order valence-corrected chi connectivity index (χ1v) is 22.1. The Morgan fingerprint density at radius 1 is 0.902 bits per heavy atom. The van der Waals surface area contributed by atoms with E-state index in [1.165, 1.54) is 74.5 Å². The second-order valence-electron chi connectivity index (χ2n) is 19.5. The number of carbonyl (C=O) groups is 1. The van der Waals surface area contributed by atoms with Crippen LogP contribution in [0.2, 0.25) is 0 Å². The molecular weight excluding hydrogens is 653 g/mol. The second-order valence-corrected chi connectivity index (χ2v) is 21.8. The fourth-order valence-electron chi connectivity index (χ4n) is 14.3. The van der Waals surface area contributed by atoms with Gasteiger partial charge in [0.05, 0.1) is 17.1 Å². The molecule has 5 fully saturated rings. The first-order chi connectivity index (χ1) is 24.0. The van der Waals surface area contributed by atoms with Crippen molar-refractivity contribution in [3.8, 4) is 0 Å². The average Bonchev–Trinajstić information content (AvgIpc) is 3.45. The molecule has 6 nitrogen and oxygen atoms in total. The molecular formula is C44H66N2O4S. The molecule has 0 radical (unpaired) electrons. The van der Waals surface area contributed by atoms with Gasteiger partial charge in [0, 0.05) is 26.2 Å². The molecule has 5 aliphatic carbocycles. The number of carboxylic acids is 1. The topological polar surface area (TPSA) is 86.7 Å². The van der Waals surface area contributed by atoms with Gasteiger partial charge in [-0.2, -0.15) is 0 Å². The second kappa shape index (κ2) is 13.1. The Balaban J connectivity index is 1.09. The average molecular weight is 719 g/mol. The van der Waals surface area contributed by atoms with Crippen LogP contribution in [0.15, 0.2) is 42.5 Å². The van der Waals surface area contributed by atoms with Crippen LogP contribution in [-0.4, -0.2) is 68.6 Å². The van der Waals surface area contributed by atoms with Crippen LogP contribution in [0.5, 0.6) is 0 Å². The molecule has 0 aromatic heterocycles. The smallest absolute Gasteiger partial charge is 0.335 e. The van der Waals surface area contributed by atoms with Gasteiger partial charge in [-0.25, -0.2) is 13.2 Å². The number of allylic oxidation sites excluding steroid dienone is 3. The standard InChI is InChI=1S/C44H66N2O4S/c1-30(2)33-14-19-44(22-23-45-24-25-46-26-28-51(49,50)29-27-46)21-20-42(6)35(38(33)44)12-13-37-41(5)17-15-34(31-8-10-32(11-9-31)39(47)48)40(3,4)36(41)16-18-43(37,42)7/h8-11,15,33,35-38,45H,1,12-14,16-29H2,2-7H3,(H,47,48)/t33-,35+,36-,37+,38+,41-,42+,43+,44+/m0/s1. The van der Waals surface area contributed by atoms with Crippen molar-refractivity contribution >= 4 is 21.4 Å². The summed E-state index contributed by atoms with van der Waals surface area (Å²) in [6.07, 6.45) is 15.4. The highest BCUT2D eigenvalue weighted by atomic mass is 32.2. The van der Waals surface area contributed by atoms with Gasteiger partial charge in [-0.05, 0) is 158 Å². The zero-order chi connectivity index (χ0) is 36.6. The summed E-state index contributed by atoms with van der Waals surface area (Å²) >= 11 is 0. The van der Waals surface area contributed by atoms with Crippen molar-refractivity contribution < 1.29 is 18.3 Å². The number of nitrogens with one attached hydrogen (secondary N) is 1. The number of carboxylic acid groups (broad SMARTS) is 1. The molecule has 7 heteroatoms. The molecule has 0 spiro atoms. The van der Waals surface area contributed by atoms with Gasteiger partial charge in [0.2, 0.25) is 0 Å².